The highest BCUT2D eigenvalue weighted by Crippen LogP contribution is 2.28. The minimum absolute atomic E-state index is 0.165. The topological polar surface area (TPSA) is 68.9 Å². The molecule has 7 heteroatoms. The third-order valence-electron chi connectivity index (χ3n) is 4.93. The van der Waals surface area contributed by atoms with Gasteiger partial charge in [-0.2, -0.15) is 0 Å². The van der Waals surface area contributed by atoms with Crippen LogP contribution in [-0.2, 0) is 4.74 Å². The van der Waals surface area contributed by atoms with E-state index >= 15 is 0 Å². The Morgan fingerprint density at radius 1 is 1.20 bits per heavy atom. The zero-order chi connectivity index (χ0) is 18.5. The standard InChI is InChI=1S/C18H37N5O2/c1-6-11-22-14-10-20-15(7-2)18(22,23-12-8-19-9-13-23)21-16(24)25-17(3,4)5/h15,19-20H,6-14H2,1-5H3,(H,21,24). The molecule has 2 fully saturated rings. The van der Waals surface area contributed by atoms with Gasteiger partial charge in [-0.1, -0.05) is 13.8 Å². The summed E-state index contributed by atoms with van der Waals surface area (Å²) in [4.78, 5) is 17.6. The number of rotatable bonds is 5. The van der Waals surface area contributed by atoms with E-state index in [-0.39, 0.29) is 12.1 Å². The molecule has 3 N–H and O–H groups in total. The highest BCUT2D eigenvalue weighted by atomic mass is 16.6. The molecule has 7 nitrogen and oxygen atoms in total. The molecule has 0 aromatic carbocycles. The highest BCUT2D eigenvalue weighted by Gasteiger charge is 2.51. The van der Waals surface area contributed by atoms with Gasteiger partial charge in [-0.3, -0.25) is 15.1 Å². The van der Waals surface area contributed by atoms with Crippen LogP contribution in [0.15, 0.2) is 0 Å². The Morgan fingerprint density at radius 3 is 2.44 bits per heavy atom. The van der Waals surface area contributed by atoms with Crippen LogP contribution in [-0.4, -0.2) is 79.1 Å². The molecule has 0 radical (unpaired) electrons. The maximum Gasteiger partial charge on any atom is 0.410 e. The Bertz CT molecular complexity index is 422. The van der Waals surface area contributed by atoms with Gasteiger partial charge in [0.2, 0.25) is 0 Å². The van der Waals surface area contributed by atoms with E-state index in [2.05, 4.69) is 39.6 Å². The average Bonchev–Trinajstić information content (AvgIpc) is 2.55. The molecule has 0 spiro atoms. The summed E-state index contributed by atoms with van der Waals surface area (Å²) in [7, 11) is 0. The number of piperazine rings is 2. The lowest BCUT2D eigenvalue weighted by Gasteiger charge is -2.58. The van der Waals surface area contributed by atoms with Gasteiger partial charge in [-0.15, -0.1) is 0 Å². The molecule has 0 aromatic heterocycles. The molecule has 2 rings (SSSR count). The molecule has 0 aromatic rings. The van der Waals surface area contributed by atoms with Crippen molar-refractivity contribution in [1.29, 1.82) is 0 Å². The van der Waals surface area contributed by atoms with Crippen molar-refractivity contribution in [3.8, 4) is 0 Å². The molecule has 2 aliphatic rings. The molecule has 2 aliphatic heterocycles. The largest absolute Gasteiger partial charge is 0.444 e. The van der Waals surface area contributed by atoms with Crippen LogP contribution in [0.2, 0.25) is 0 Å². The third-order valence-corrected chi connectivity index (χ3v) is 4.93. The van der Waals surface area contributed by atoms with E-state index in [0.717, 1.165) is 58.7 Å². The molecule has 0 bridgehead atoms. The maximum atomic E-state index is 12.8. The van der Waals surface area contributed by atoms with E-state index in [1.807, 2.05) is 20.8 Å². The second kappa shape index (κ2) is 8.66. The SMILES string of the molecule is CCCN1CCNC(CC)C1(NC(=O)OC(C)(C)C)N1CCNCC1. The normalized spacial score (nSPS) is 29.4. The fourth-order valence-corrected chi connectivity index (χ4v) is 4.01. The van der Waals surface area contributed by atoms with Crippen LogP contribution in [0.3, 0.4) is 0 Å². The molecule has 2 heterocycles. The van der Waals surface area contributed by atoms with Crippen LogP contribution in [0.1, 0.15) is 47.5 Å². The number of alkyl carbamates (subject to hydrolysis) is 1. The van der Waals surface area contributed by atoms with Gasteiger partial charge in [0.05, 0.1) is 6.04 Å². The van der Waals surface area contributed by atoms with Gasteiger partial charge >= 0.3 is 6.09 Å². The third kappa shape index (κ3) is 4.84. The lowest BCUT2D eigenvalue weighted by Crippen LogP contribution is -2.82. The van der Waals surface area contributed by atoms with Crippen LogP contribution in [0.25, 0.3) is 0 Å². The summed E-state index contributed by atoms with van der Waals surface area (Å²) in [5.74, 6) is -0.534. The van der Waals surface area contributed by atoms with Gasteiger partial charge in [-0.25, -0.2) is 4.79 Å². The number of carbonyl (C=O) groups is 1. The van der Waals surface area contributed by atoms with Gasteiger partial charge in [0.25, 0.3) is 0 Å². The maximum absolute atomic E-state index is 12.8. The molecule has 0 aliphatic carbocycles. The highest BCUT2D eigenvalue weighted by molar-refractivity contribution is 5.69. The van der Waals surface area contributed by atoms with Crippen molar-refractivity contribution in [3.63, 3.8) is 0 Å². The number of hydrogen-bond acceptors (Lipinski definition) is 6. The van der Waals surface area contributed by atoms with Crippen molar-refractivity contribution in [2.75, 3.05) is 45.8 Å². The summed E-state index contributed by atoms with van der Waals surface area (Å²) in [6, 6.07) is 0.165. The van der Waals surface area contributed by atoms with Crippen LogP contribution >= 0.6 is 0 Å². The number of ether oxygens (including phenoxy) is 1. The van der Waals surface area contributed by atoms with Crippen molar-refractivity contribution in [2.45, 2.75) is 64.9 Å². The monoisotopic (exact) mass is 355 g/mol. The molecule has 25 heavy (non-hydrogen) atoms. The van der Waals surface area contributed by atoms with E-state index in [1.54, 1.807) is 0 Å². The first-order valence-corrected chi connectivity index (χ1v) is 9.78. The molecule has 2 atom stereocenters. The van der Waals surface area contributed by atoms with Gasteiger partial charge in [0.15, 0.2) is 5.79 Å². The number of nitrogens with zero attached hydrogens (tertiary/aromatic N) is 2. The van der Waals surface area contributed by atoms with E-state index in [0.29, 0.717) is 0 Å². The molecular weight excluding hydrogens is 318 g/mol. The van der Waals surface area contributed by atoms with Crippen molar-refractivity contribution in [1.82, 2.24) is 25.8 Å². The summed E-state index contributed by atoms with van der Waals surface area (Å²) < 4.78 is 5.63. The van der Waals surface area contributed by atoms with Gasteiger partial charge in [-0.05, 0) is 33.6 Å². The van der Waals surface area contributed by atoms with Crippen LogP contribution < -0.4 is 16.0 Å². The van der Waals surface area contributed by atoms with E-state index < -0.39 is 11.4 Å². The minimum Gasteiger partial charge on any atom is -0.444 e. The zero-order valence-electron chi connectivity index (χ0n) is 16.7. The average molecular weight is 356 g/mol. The summed E-state index contributed by atoms with van der Waals surface area (Å²) in [5.41, 5.74) is -0.506. The Labute approximate surface area is 152 Å². The number of amides is 1. The molecule has 0 saturated carbocycles. The summed E-state index contributed by atoms with van der Waals surface area (Å²) >= 11 is 0. The van der Waals surface area contributed by atoms with Crippen LogP contribution in [0.5, 0.6) is 0 Å². The molecule has 146 valence electrons. The minimum atomic E-state index is -0.534. The Hall–Kier alpha value is -0.890. The first-order valence-electron chi connectivity index (χ1n) is 9.78. The predicted molar refractivity (Wildman–Crippen MR) is 100 cm³/mol. The number of hydrogen-bond donors (Lipinski definition) is 3. The zero-order valence-corrected chi connectivity index (χ0v) is 16.7. The van der Waals surface area contributed by atoms with E-state index in [9.17, 15) is 4.79 Å². The second-order valence-corrected chi connectivity index (χ2v) is 7.99. The van der Waals surface area contributed by atoms with Gasteiger partial charge in [0.1, 0.15) is 5.60 Å². The van der Waals surface area contributed by atoms with E-state index in [1.165, 1.54) is 0 Å². The van der Waals surface area contributed by atoms with Crippen LogP contribution in [0.4, 0.5) is 4.79 Å². The van der Waals surface area contributed by atoms with Crippen molar-refractivity contribution < 1.29 is 9.53 Å². The smallest absolute Gasteiger partial charge is 0.410 e. The fraction of sp³-hybridized carbons (Fsp3) is 0.944. The molecule has 2 saturated heterocycles. The van der Waals surface area contributed by atoms with Crippen LogP contribution in [0, 0.1) is 0 Å². The quantitative estimate of drug-likeness (QED) is 0.688. The predicted octanol–water partition coefficient (Wildman–Crippen LogP) is 1.16. The number of nitrogens with one attached hydrogen (secondary N) is 3. The van der Waals surface area contributed by atoms with Crippen molar-refractivity contribution >= 4 is 6.09 Å². The lowest BCUT2D eigenvalue weighted by molar-refractivity contribution is -0.130. The number of carbonyl (C=O) groups excluding carboxylic acids is 1. The van der Waals surface area contributed by atoms with Crippen molar-refractivity contribution in [2.24, 2.45) is 0 Å². The first-order chi connectivity index (χ1) is 11.8. The van der Waals surface area contributed by atoms with E-state index in [4.69, 9.17) is 4.74 Å². The summed E-state index contributed by atoms with van der Waals surface area (Å²) in [6.45, 7) is 16.6. The molecule has 1 amide bonds. The molecular formula is C18H37N5O2. The summed E-state index contributed by atoms with van der Waals surface area (Å²) in [6.07, 6.45) is 1.66. The Kier molecular flexibility index (Phi) is 7.08. The summed E-state index contributed by atoms with van der Waals surface area (Å²) in [5, 5.41) is 10.4. The second-order valence-electron chi connectivity index (χ2n) is 7.99. The Balaban J connectivity index is 2.34. The van der Waals surface area contributed by atoms with Gasteiger partial charge < -0.3 is 15.4 Å². The molecule has 2 unspecified atom stereocenters. The Morgan fingerprint density at radius 2 is 1.88 bits per heavy atom. The fourth-order valence-electron chi connectivity index (χ4n) is 4.01. The van der Waals surface area contributed by atoms with Crippen molar-refractivity contribution in [3.05, 3.63) is 0 Å². The first kappa shape index (κ1) is 20.4. The van der Waals surface area contributed by atoms with Gasteiger partial charge in [0, 0.05) is 45.8 Å². The lowest BCUT2D eigenvalue weighted by atomic mass is 9.98.